The van der Waals surface area contributed by atoms with Gasteiger partial charge in [0.15, 0.2) is 0 Å². The summed E-state index contributed by atoms with van der Waals surface area (Å²) in [6.45, 7) is 1.90. The molecule has 1 aliphatic rings. The molecule has 2 aromatic carbocycles. The molecule has 158 valence electrons. The van der Waals surface area contributed by atoms with Gasteiger partial charge in [0.25, 0.3) is 0 Å². The van der Waals surface area contributed by atoms with Crippen LogP contribution in [0.1, 0.15) is 13.3 Å². The molecule has 0 aliphatic carbocycles. The molecule has 30 heavy (non-hydrogen) atoms. The van der Waals surface area contributed by atoms with Crippen molar-refractivity contribution < 1.29 is 14.4 Å². The number of hydrogen-bond donors (Lipinski definition) is 2. The zero-order valence-electron chi connectivity index (χ0n) is 15.9. The molecule has 0 fully saturated rings. The number of likely N-dealkylation sites (N-methyl/N-ethyl adjacent to an activating group) is 1. The van der Waals surface area contributed by atoms with Gasteiger partial charge >= 0.3 is 0 Å². The molecule has 3 rings (SSSR count). The molecule has 0 saturated heterocycles. The Morgan fingerprint density at radius 2 is 1.87 bits per heavy atom. The molecule has 0 aromatic heterocycles. The second-order valence-electron chi connectivity index (χ2n) is 6.49. The Morgan fingerprint density at radius 1 is 1.17 bits per heavy atom. The molecule has 1 heterocycles. The standard InChI is InChI=1S/C20H18Cl3N3O3S/c1-2-26(10-17(27)25-19-12(22)4-3-5-13(19)23)18(28)9-16-20(29)24-14-8-11(21)6-7-15(14)30-16/h3-8,16H,2,9-10H2,1H3,(H,24,29)(H,25,27). The number of anilines is 2. The van der Waals surface area contributed by atoms with Crippen molar-refractivity contribution in [3.63, 3.8) is 0 Å². The van der Waals surface area contributed by atoms with Crippen molar-refractivity contribution in [3.8, 4) is 0 Å². The number of nitrogens with zero attached hydrogens (tertiary/aromatic N) is 1. The highest BCUT2D eigenvalue weighted by Crippen LogP contribution is 2.38. The van der Waals surface area contributed by atoms with Gasteiger partial charge in [-0.25, -0.2) is 0 Å². The van der Waals surface area contributed by atoms with Gasteiger partial charge in [-0.1, -0.05) is 40.9 Å². The van der Waals surface area contributed by atoms with Crippen LogP contribution in [-0.4, -0.2) is 41.0 Å². The summed E-state index contributed by atoms with van der Waals surface area (Å²) in [6, 6.07) is 10.1. The number of thioether (sulfide) groups is 1. The van der Waals surface area contributed by atoms with E-state index in [2.05, 4.69) is 10.6 Å². The van der Waals surface area contributed by atoms with E-state index >= 15 is 0 Å². The highest BCUT2D eigenvalue weighted by atomic mass is 35.5. The number of para-hydroxylation sites is 1. The van der Waals surface area contributed by atoms with Crippen LogP contribution >= 0.6 is 46.6 Å². The second-order valence-corrected chi connectivity index (χ2v) is 8.99. The summed E-state index contributed by atoms with van der Waals surface area (Å²) in [7, 11) is 0. The van der Waals surface area contributed by atoms with E-state index in [4.69, 9.17) is 34.8 Å². The summed E-state index contributed by atoms with van der Waals surface area (Å²) < 4.78 is 0. The SMILES string of the molecule is CCN(CC(=O)Nc1c(Cl)cccc1Cl)C(=O)CC1Sc2ccc(Cl)cc2NC1=O. The van der Waals surface area contributed by atoms with Gasteiger partial charge in [0.2, 0.25) is 17.7 Å². The first-order chi connectivity index (χ1) is 14.3. The van der Waals surface area contributed by atoms with Crippen LogP contribution in [0, 0.1) is 0 Å². The van der Waals surface area contributed by atoms with Gasteiger partial charge in [-0.15, -0.1) is 11.8 Å². The van der Waals surface area contributed by atoms with Crippen molar-refractivity contribution in [2.75, 3.05) is 23.7 Å². The maximum Gasteiger partial charge on any atom is 0.244 e. The van der Waals surface area contributed by atoms with Crippen LogP contribution in [0.15, 0.2) is 41.3 Å². The summed E-state index contributed by atoms with van der Waals surface area (Å²) in [4.78, 5) is 39.8. The maximum atomic E-state index is 12.8. The third kappa shape index (κ3) is 5.40. The summed E-state index contributed by atoms with van der Waals surface area (Å²) in [6.07, 6.45) is -0.0352. The minimum Gasteiger partial charge on any atom is -0.334 e. The fourth-order valence-corrected chi connectivity index (χ4v) is 4.64. The van der Waals surface area contributed by atoms with Crippen molar-refractivity contribution in [2.24, 2.45) is 0 Å². The van der Waals surface area contributed by atoms with E-state index in [-0.39, 0.29) is 24.8 Å². The number of nitrogens with one attached hydrogen (secondary N) is 2. The number of amides is 3. The number of carbonyl (C=O) groups is 3. The van der Waals surface area contributed by atoms with E-state index in [1.165, 1.54) is 16.7 Å². The Morgan fingerprint density at radius 3 is 2.53 bits per heavy atom. The largest absolute Gasteiger partial charge is 0.334 e. The van der Waals surface area contributed by atoms with Crippen LogP contribution in [0.3, 0.4) is 0 Å². The molecule has 2 aromatic rings. The van der Waals surface area contributed by atoms with Crippen LogP contribution in [0.2, 0.25) is 15.1 Å². The highest BCUT2D eigenvalue weighted by molar-refractivity contribution is 8.01. The van der Waals surface area contributed by atoms with Crippen molar-refractivity contribution in [1.82, 2.24) is 4.90 Å². The van der Waals surface area contributed by atoms with Gasteiger partial charge in [0.05, 0.1) is 33.2 Å². The number of benzene rings is 2. The van der Waals surface area contributed by atoms with E-state index in [9.17, 15) is 14.4 Å². The van der Waals surface area contributed by atoms with Crippen LogP contribution in [0.25, 0.3) is 0 Å². The van der Waals surface area contributed by atoms with Gasteiger partial charge in [-0.2, -0.15) is 0 Å². The van der Waals surface area contributed by atoms with Crippen molar-refractivity contribution in [2.45, 2.75) is 23.5 Å². The Balaban J connectivity index is 1.63. The summed E-state index contributed by atoms with van der Waals surface area (Å²) in [5.41, 5.74) is 0.927. The Hall–Kier alpha value is -1.93. The van der Waals surface area contributed by atoms with Gasteiger partial charge in [-0.3, -0.25) is 14.4 Å². The average molecular weight is 487 g/mol. The van der Waals surface area contributed by atoms with Gasteiger partial charge in [0, 0.05) is 22.9 Å². The number of carbonyl (C=O) groups excluding carboxylic acids is 3. The molecule has 1 atom stereocenters. The quantitative estimate of drug-likeness (QED) is 0.606. The lowest BCUT2D eigenvalue weighted by Crippen LogP contribution is -2.41. The molecule has 3 amide bonds. The molecule has 10 heteroatoms. The monoisotopic (exact) mass is 485 g/mol. The lowest BCUT2D eigenvalue weighted by atomic mass is 10.2. The maximum absolute atomic E-state index is 12.8. The first kappa shape index (κ1) is 22.7. The average Bonchev–Trinajstić information content (AvgIpc) is 2.69. The Bertz CT molecular complexity index is 982. The van der Waals surface area contributed by atoms with Crippen molar-refractivity contribution in [1.29, 1.82) is 0 Å². The highest BCUT2D eigenvalue weighted by Gasteiger charge is 2.31. The number of fused-ring (bicyclic) bond motifs is 1. The van der Waals surface area contributed by atoms with Crippen molar-refractivity contribution >= 4 is 75.7 Å². The molecule has 0 spiro atoms. The van der Waals surface area contributed by atoms with E-state index < -0.39 is 11.2 Å². The number of hydrogen-bond acceptors (Lipinski definition) is 4. The topological polar surface area (TPSA) is 78.5 Å². The van der Waals surface area contributed by atoms with Crippen LogP contribution in [0.4, 0.5) is 11.4 Å². The minimum atomic E-state index is -0.596. The predicted octanol–water partition coefficient (Wildman–Crippen LogP) is 4.94. The van der Waals surface area contributed by atoms with Crippen LogP contribution < -0.4 is 10.6 Å². The lowest BCUT2D eigenvalue weighted by Gasteiger charge is -2.26. The molecule has 1 unspecified atom stereocenters. The van der Waals surface area contributed by atoms with Crippen molar-refractivity contribution in [3.05, 3.63) is 51.5 Å². The molecular weight excluding hydrogens is 469 g/mol. The molecule has 6 nitrogen and oxygen atoms in total. The summed E-state index contributed by atoms with van der Waals surface area (Å²) in [5, 5.41) is 5.94. The lowest BCUT2D eigenvalue weighted by molar-refractivity contribution is -0.135. The second kappa shape index (κ2) is 9.92. The summed E-state index contributed by atoms with van der Waals surface area (Å²) in [5.74, 6) is -1.00. The Labute approximate surface area is 193 Å². The molecule has 0 bridgehead atoms. The first-order valence-electron chi connectivity index (χ1n) is 9.07. The zero-order chi connectivity index (χ0) is 21.8. The van der Waals surface area contributed by atoms with E-state index in [0.29, 0.717) is 33.0 Å². The third-order valence-electron chi connectivity index (χ3n) is 4.42. The van der Waals surface area contributed by atoms with Gasteiger partial charge in [-0.05, 0) is 37.3 Å². The van der Waals surface area contributed by atoms with E-state index in [1.807, 2.05) is 0 Å². The number of rotatable bonds is 6. The molecular formula is C20H18Cl3N3O3S. The Kier molecular flexibility index (Phi) is 7.52. The zero-order valence-corrected chi connectivity index (χ0v) is 19.0. The molecule has 1 aliphatic heterocycles. The van der Waals surface area contributed by atoms with E-state index in [0.717, 1.165) is 4.90 Å². The minimum absolute atomic E-state index is 0.0352. The first-order valence-corrected chi connectivity index (χ1v) is 11.1. The third-order valence-corrected chi connectivity index (χ3v) is 6.56. The number of halogens is 3. The van der Waals surface area contributed by atoms with Gasteiger partial charge < -0.3 is 15.5 Å². The molecule has 2 N–H and O–H groups in total. The summed E-state index contributed by atoms with van der Waals surface area (Å²) >= 11 is 19.4. The smallest absolute Gasteiger partial charge is 0.244 e. The normalized spacial score (nSPS) is 15.2. The predicted molar refractivity (Wildman–Crippen MR) is 122 cm³/mol. The molecule has 0 radical (unpaired) electrons. The van der Waals surface area contributed by atoms with Gasteiger partial charge in [0.1, 0.15) is 0 Å². The fraction of sp³-hybridized carbons (Fsp3) is 0.250. The van der Waals surface area contributed by atoms with Crippen LogP contribution in [0.5, 0.6) is 0 Å². The van der Waals surface area contributed by atoms with E-state index in [1.54, 1.807) is 43.3 Å². The van der Waals surface area contributed by atoms with Crippen LogP contribution in [-0.2, 0) is 14.4 Å². The molecule has 0 saturated carbocycles. The fourth-order valence-electron chi connectivity index (χ4n) is 2.89.